The van der Waals surface area contributed by atoms with E-state index in [9.17, 15) is 4.79 Å². The summed E-state index contributed by atoms with van der Waals surface area (Å²) in [6, 6.07) is 5.69. The molecule has 2 aromatic rings. The number of nitrogens with zero attached hydrogens (tertiary/aromatic N) is 3. The highest BCUT2D eigenvalue weighted by molar-refractivity contribution is 5.93. The van der Waals surface area contributed by atoms with Crippen LogP contribution in [0.4, 0.5) is 5.95 Å². The molecule has 140 valence electrons. The predicted molar refractivity (Wildman–Crippen MR) is 101 cm³/mol. The van der Waals surface area contributed by atoms with E-state index in [1.807, 2.05) is 18.2 Å². The molecule has 0 aliphatic heterocycles. The maximum absolute atomic E-state index is 12.3. The normalized spacial score (nSPS) is 10.3. The van der Waals surface area contributed by atoms with Crippen LogP contribution in [0.25, 0.3) is 0 Å². The third-order valence-electron chi connectivity index (χ3n) is 3.99. The molecule has 1 aromatic heterocycles. The molecule has 0 atom stereocenters. The highest BCUT2D eigenvalue weighted by Gasteiger charge is 2.12. The molecule has 2 rings (SSSR count). The first kappa shape index (κ1) is 19.5. The summed E-state index contributed by atoms with van der Waals surface area (Å²) < 4.78 is 10.5. The summed E-state index contributed by atoms with van der Waals surface area (Å²) in [6.45, 7) is 3.36. The summed E-state index contributed by atoms with van der Waals surface area (Å²) in [5.41, 5.74) is 1.49. The monoisotopic (exact) mass is 358 g/mol. The van der Waals surface area contributed by atoms with E-state index in [0.717, 1.165) is 24.9 Å². The Balaban J connectivity index is 1.96. The molecule has 0 saturated carbocycles. The molecule has 0 spiro atoms. The fourth-order valence-electron chi connectivity index (χ4n) is 2.42. The minimum absolute atomic E-state index is 0.0649. The Kier molecular flexibility index (Phi) is 7.20. The lowest BCUT2D eigenvalue weighted by Crippen LogP contribution is -2.28. The molecule has 7 nitrogen and oxygen atoms in total. The van der Waals surface area contributed by atoms with E-state index in [-0.39, 0.29) is 5.91 Å². The molecule has 1 aromatic carbocycles. The van der Waals surface area contributed by atoms with Crippen LogP contribution in [0.5, 0.6) is 11.5 Å². The predicted octanol–water partition coefficient (Wildman–Crippen LogP) is 2.98. The summed E-state index contributed by atoms with van der Waals surface area (Å²) in [7, 11) is 5.00. The van der Waals surface area contributed by atoms with Gasteiger partial charge in [-0.2, -0.15) is 0 Å². The van der Waals surface area contributed by atoms with Crippen molar-refractivity contribution >= 4 is 11.9 Å². The number of carbonyl (C=O) groups is 1. The number of aromatic nitrogens is 2. The van der Waals surface area contributed by atoms with Crippen molar-refractivity contribution in [1.29, 1.82) is 0 Å². The molecule has 0 radical (unpaired) electrons. The zero-order valence-electron chi connectivity index (χ0n) is 15.8. The van der Waals surface area contributed by atoms with Gasteiger partial charge in [0.15, 0.2) is 11.5 Å². The van der Waals surface area contributed by atoms with Crippen molar-refractivity contribution in [1.82, 2.24) is 14.9 Å². The maximum atomic E-state index is 12.3. The van der Waals surface area contributed by atoms with Crippen molar-refractivity contribution in [3.05, 3.63) is 41.7 Å². The summed E-state index contributed by atoms with van der Waals surface area (Å²) in [6.07, 6.45) is 5.13. The first-order valence-electron chi connectivity index (χ1n) is 8.61. The summed E-state index contributed by atoms with van der Waals surface area (Å²) in [4.78, 5) is 22.4. The highest BCUT2D eigenvalue weighted by atomic mass is 16.5. The van der Waals surface area contributed by atoms with Gasteiger partial charge in [-0.25, -0.2) is 9.97 Å². The minimum Gasteiger partial charge on any atom is -0.493 e. The van der Waals surface area contributed by atoms with E-state index in [1.165, 1.54) is 0 Å². The lowest BCUT2D eigenvalue weighted by Gasteiger charge is -2.16. The van der Waals surface area contributed by atoms with Gasteiger partial charge >= 0.3 is 0 Å². The van der Waals surface area contributed by atoms with Crippen LogP contribution in [-0.4, -0.2) is 48.6 Å². The molecule has 1 N–H and O–H groups in total. The van der Waals surface area contributed by atoms with Gasteiger partial charge in [-0.3, -0.25) is 4.79 Å². The van der Waals surface area contributed by atoms with E-state index in [4.69, 9.17) is 9.47 Å². The zero-order chi connectivity index (χ0) is 18.9. The standard InChI is InChI=1S/C19H26N4O3/c1-5-6-9-23(2)18(24)15-12-21-19(22-13-15)20-11-14-7-8-16(25-3)17(10-14)26-4/h7-8,10,12-13H,5-6,9,11H2,1-4H3,(H,20,21,22). The third kappa shape index (κ3) is 5.08. The SMILES string of the molecule is CCCCN(C)C(=O)c1cnc(NCc2ccc(OC)c(OC)c2)nc1. The van der Waals surface area contributed by atoms with Crippen LogP contribution in [0, 0.1) is 0 Å². The molecule has 0 bridgehead atoms. The molecule has 0 fully saturated rings. The van der Waals surface area contributed by atoms with Gasteiger partial charge in [0, 0.05) is 32.5 Å². The van der Waals surface area contributed by atoms with Crippen molar-refractivity contribution in [3.63, 3.8) is 0 Å². The number of unbranched alkanes of at least 4 members (excludes halogenated alkanes) is 1. The lowest BCUT2D eigenvalue weighted by atomic mass is 10.2. The van der Waals surface area contributed by atoms with E-state index in [1.54, 1.807) is 38.6 Å². The van der Waals surface area contributed by atoms with Gasteiger partial charge < -0.3 is 19.7 Å². The van der Waals surface area contributed by atoms with Crippen molar-refractivity contribution in [2.75, 3.05) is 33.1 Å². The second-order valence-corrected chi connectivity index (χ2v) is 5.92. The molecule has 0 unspecified atom stereocenters. The van der Waals surface area contributed by atoms with Gasteiger partial charge in [0.2, 0.25) is 5.95 Å². The summed E-state index contributed by atoms with van der Waals surface area (Å²) in [5.74, 6) is 1.75. The molecule has 1 heterocycles. The van der Waals surface area contributed by atoms with Crippen molar-refractivity contribution in [2.45, 2.75) is 26.3 Å². The number of nitrogens with one attached hydrogen (secondary N) is 1. The number of ether oxygens (including phenoxy) is 2. The van der Waals surface area contributed by atoms with Crippen LogP contribution in [0.2, 0.25) is 0 Å². The number of benzene rings is 1. The van der Waals surface area contributed by atoms with Crippen molar-refractivity contribution in [2.24, 2.45) is 0 Å². The second-order valence-electron chi connectivity index (χ2n) is 5.92. The molecular formula is C19H26N4O3. The number of carbonyl (C=O) groups excluding carboxylic acids is 1. The highest BCUT2D eigenvalue weighted by Crippen LogP contribution is 2.27. The van der Waals surface area contributed by atoms with Crippen LogP contribution >= 0.6 is 0 Å². The Labute approximate surface area is 154 Å². The Bertz CT molecular complexity index is 719. The van der Waals surface area contributed by atoms with E-state index in [2.05, 4.69) is 22.2 Å². The van der Waals surface area contributed by atoms with Gasteiger partial charge in [0.05, 0.1) is 19.8 Å². The molecule has 26 heavy (non-hydrogen) atoms. The van der Waals surface area contributed by atoms with Crippen molar-refractivity contribution < 1.29 is 14.3 Å². The Morgan fingerprint density at radius 1 is 1.15 bits per heavy atom. The fourth-order valence-corrected chi connectivity index (χ4v) is 2.42. The number of methoxy groups -OCH3 is 2. The molecule has 0 aliphatic rings. The first-order chi connectivity index (χ1) is 12.6. The number of amides is 1. The Hall–Kier alpha value is -2.83. The zero-order valence-corrected chi connectivity index (χ0v) is 15.8. The van der Waals surface area contributed by atoms with Gasteiger partial charge in [-0.1, -0.05) is 19.4 Å². The molecule has 7 heteroatoms. The smallest absolute Gasteiger partial charge is 0.256 e. The molecule has 0 aliphatic carbocycles. The van der Waals surface area contributed by atoms with Crippen LogP contribution in [0.1, 0.15) is 35.7 Å². The quantitative estimate of drug-likeness (QED) is 0.743. The molecule has 1 amide bonds. The fraction of sp³-hybridized carbons (Fsp3) is 0.421. The van der Waals surface area contributed by atoms with Crippen LogP contribution < -0.4 is 14.8 Å². The van der Waals surface area contributed by atoms with Gasteiger partial charge in [-0.15, -0.1) is 0 Å². The summed E-state index contributed by atoms with van der Waals surface area (Å²) >= 11 is 0. The minimum atomic E-state index is -0.0649. The van der Waals surface area contributed by atoms with E-state index >= 15 is 0 Å². The van der Waals surface area contributed by atoms with Crippen LogP contribution in [-0.2, 0) is 6.54 Å². The number of rotatable bonds is 9. The topological polar surface area (TPSA) is 76.6 Å². The summed E-state index contributed by atoms with van der Waals surface area (Å²) in [5, 5.41) is 3.14. The van der Waals surface area contributed by atoms with Crippen molar-refractivity contribution in [3.8, 4) is 11.5 Å². The first-order valence-corrected chi connectivity index (χ1v) is 8.61. The molecular weight excluding hydrogens is 332 g/mol. The Morgan fingerprint density at radius 2 is 1.85 bits per heavy atom. The van der Waals surface area contributed by atoms with Crippen LogP contribution in [0.3, 0.4) is 0 Å². The third-order valence-corrected chi connectivity index (χ3v) is 3.99. The van der Waals surface area contributed by atoms with Crippen LogP contribution in [0.15, 0.2) is 30.6 Å². The Morgan fingerprint density at radius 3 is 2.46 bits per heavy atom. The maximum Gasteiger partial charge on any atom is 0.256 e. The van der Waals surface area contributed by atoms with Gasteiger partial charge in [-0.05, 0) is 24.1 Å². The number of hydrogen-bond acceptors (Lipinski definition) is 6. The second kappa shape index (κ2) is 9.60. The average Bonchev–Trinajstić information content (AvgIpc) is 2.69. The molecule has 0 saturated heterocycles. The average molecular weight is 358 g/mol. The number of anilines is 1. The van der Waals surface area contributed by atoms with E-state index in [0.29, 0.717) is 29.6 Å². The lowest BCUT2D eigenvalue weighted by molar-refractivity contribution is 0.0792. The largest absolute Gasteiger partial charge is 0.493 e. The van der Waals surface area contributed by atoms with Gasteiger partial charge in [0.1, 0.15) is 0 Å². The number of hydrogen-bond donors (Lipinski definition) is 1. The van der Waals surface area contributed by atoms with E-state index < -0.39 is 0 Å². The van der Waals surface area contributed by atoms with Gasteiger partial charge in [0.25, 0.3) is 5.91 Å².